The van der Waals surface area contributed by atoms with Crippen molar-refractivity contribution in [3.05, 3.63) is 56.7 Å². The topological polar surface area (TPSA) is 135 Å². The van der Waals surface area contributed by atoms with E-state index >= 15 is 0 Å². The minimum Gasteiger partial charge on any atom is -0.383 e. The zero-order chi connectivity index (χ0) is 20.5. The molecule has 3 N–H and O–H groups in total. The van der Waals surface area contributed by atoms with Crippen LogP contribution >= 0.6 is 0 Å². The molecular formula is C18H22N4O5S. The lowest BCUT2D eigenvalue weighted by Crippen LogP contribution is -2.43. The quantitative estimate of drug-likeness (QED) is 0.715. The molecule has 1 aliphatic rings. The molecular weight excluding hydrogens is 384 g/mol. The summed E-state index contributed by atoms with van der Waals surface area (Å²) in [6, 6.07) is 9.07. The van der Waals surface area contributed by atoms with Crippen molar-refractivity contribution in [3.63, 3.8) is 0 Å². The number of carbonyl (C=O) groups is 1. The summed E-state index contributed by atoms with van der Waals surface area (Å²) in [6.07, 6.45) is 0.207. The van der Waals surface area contributed by atoms with Crippen LogP contribution in [0.3, 0.4) is 0 Å². The summed E-state index contributed by atoms with van der Waals surface area (Å²) >= 11 is 0. The molecule has 0 bridgehead atoms. The van der Waals surface area contributed by atoms with E-state index in [0.717, 1.165) is 5.56 Å². The van der Waals surface area contributed by atoms with E-state index in [-0.39, 0.29) is 42.5 Å². The number of nitrogens with one attached hydrogen (secondary N) is 1. The Balaban J connectivity index is 2.02. The first-order chi connectivity index (χ1) is 13.2. The van der Waals surface area contributed by atoms with Gasteiger partial charge in [-0.1, -0.05) is 30.3 Å². The van der Waals surface area contributed by atoms with Gasteiger partial charge in [0.25, 0.3) is 5.56 Å². The van der Waals surface area contributed by atoms with Crippen LogP contribution < -0.4 is 21.9 Å². The summed E-state index contributed by atoms with van der Waals surface area (Å²) < 4.78 is 24.6. The number of rotatable bonds is 5. The Morgan fingerprint density at radius 2 is 1.96 bits per heavy atom. The monoisotopic (exact) mass is 406 g/mol. The van der Waals surface area contributed by atoms with E-state index in [1.165, 1.54) is 9.47 Å². The average molecular weight is 406 g/mol. The van der Waals surface area contributed by atoms with Gasteiger partial charge in [0.15, 0.2) is 15.5 Å². The number of hydrogen-bond acceptors (Lipinski definition) is 6. The van der Waals surface area contributed by atoms with Crippen molar-refractivity contribution in [1.29, 1.82) is 0 Å². The number of anilines is 2. The second kappa shape index (κ2) is 7.63. The van der Waals surface area contributed by atoms with Crippen LogP contribution in [0.4, 0.5) is 11.5 Å². The number of aromatic nitrogens is 2. The van der Waals surface area contributed by atoms with Crippen LogP contribution in [0.2, 0.25) is 0 Å². The summed E-state index contributed by atoms with van der Waals surface area (Å²) in [5.41, 5.74) is 5.34. The Kier molecular flexibility index (Phi) is 5.41. The van der Waals surface area contributed by atoms with Crippen molar-refractivity contribution in [2.75, 3.05) is 28.7 Å². The molecule has 3 rings (SSSR count). The van der Waals surface area contributed by atoms with Gasteiger partial charge in [-0.3, -0.25) is 19.1 Å². The minimum atomic E-state index is -3.26. The van der Waals surface area contributed by atoms with Gasteiger partial charge in [0, 0.05) is 6.54 Å². The van der Waals surface area contributed by atoms with Gasteiger partial charge < -0.3 is 10.6 Å². The largest absolute Gasteiger partial charge is 0.383 e. The molecule has 9 nitrogen and oxygen atoms in total. The summed E-state index contributed by atoms with van der Waals surface area (Å²) in [7, 11) is -3.26. The van der Waals surface area contributed by atoms with Crippen molar-refractivity contribution >= 4 is 27.2 Å². The van der Waals surface area contributed by atoms with Crippen LogP contribution in [0.25, 0.3) is 0 Å². The van der Waals surface area contributed by atoms with Gasteiger partial charge in [0.05, 0.1) is 24.0 Å². The van der Waals surface area contributed by atoms with Gasteiger partial charge in [-0.2, -0.15) is 0 Å². The first kappa shape index (κ1) is 19.9. The molecule has 0 radical (unpaired) electrons. The van der Waals surface area contributed by atoms with Crippen LogP contribution in [0.5, 0.6) is 0 Å². The Bertz CT molecular complexity index is 1110. The fourth-order valence-electron chi connectivity index (χ4n) is 3.40. The maximum absolute atomic E-state index is 12.9. The highest BCUT2D eigenvalue weighted by Gasteiger charge is 2.36. The van der Waals surface area contributed by atoms with Gasteiger partial charge in [-0.05, 0) is 18.9 Å². The van der Waals surface area contributed by atoms with Crippen LogP contribution in [-0.4, -0.2) is 41.9 Å². The highest BCUT2D eigenvalue weighted by atomic mass is 32.2. The van der Waals surface area contributed by atoms with Crippen molar-refractivity contribution in [2.45, 2.75) is 19.9 Å². The minimum absolute atomic E-state index is 0.0553. The smallest absolute Gasteiger partial charge is 0.330 e. The molecule has 150 valence electrons. The number of H-pyrrole nitrogens is 1. The highest BCUT2D eigenvalue weighted by molar-refractivity contribution is 7.91. The summed E-state index contributed by atoms with van der Waals surface area (Å²) in [5.74, 6) is -1.64. The standard InChI is InChI=1S/C18H22N4O5S/c1-2-21(17(24)13-8-9-28(26,27)11-13)14-15(19)22(18(25)20-16(14)23)10-12-6-4-3-5-7-12/h3-7,13H,2,8-11,19H2,1H3,(H,20,23,25). The van der Waals surface area contributed by atoms with Crippen molar-refractivity contribution in [2.24, 2.45) is 5.92 Å². The van der Waals surface area contributed by atoms with Gasteiger partial charge in [0.2, 0.25) is 5.91 Å². The molecule has 1 fully saturated rings. The molecule has 0 spiro atoms. The predicted molar refractivity (Wildman–Crippen MR) is 106 cm³/mol. The average Bonchev–Trinajstić information content (AvgIpc) is 3.02. The molecule has 1 aromatic carbocycles. The number of nitrogens with two attached hydrogens (primary N) is 1. The number of nitrogens with zero attached hydrogens (tertiary/aromatic N) is 2. The predicted octanol–water partition coefficient (Wildman–Crippen LogP) is -0.0453. The van der Waals surface area contributed by atoms with Crippen LogP contribution in [0, 0.1) is 5.92 Å². The van der Waals surface area contributed by atoms with E-state index in [2.05, 4.69) is 4.98 Å². The van der Waals surface area contributed by atoms with Gasteiger partial charge in [-0.25, -0.2) is 13.2 Å². The third-order valence-corrected chi connectivity index (χ3v) is 6.60. The zero-order valence-electron chi connectivity index (χ0n) is 15.4. The van der Waals surface area contributed by atoms with E-state index in [1.54, 1.807) is 6.92 Å². The molecule has 2 heterocycles. The molecule has 0 saturated carbocycles. The second-order valence-corrected chi connectivity index (χ2v) is 8.98. The summed E-state index contributed by atoms with van der Waals surface area (Å²) in [5, 5.41) is 0. The number of carbonyl (C=O) groups excluding carboxylic acids is 1. The number of amides is 1. The molecule has 2 aromatic rings. The van der Waals surface area contributed by atoms with Gasteiger partial charge in [0.1, 0.15) is 5.82 Å². The maximum atomic E-state index is 12.9. The Morgan fingerprint density at radius 1 is 1.29 bits per heavy atom. The molecule has 1 unspecified atom stereocenters. The lowest BCUT2D eigenvalue weighted by atomic mass is 10.1. The van der Waals surface area contributed by atoms with E-state index in [9.17, 15) is 22.8 Å². The van der Waals surface area contributed by atoms with Crippen LogP contribution in [0.15, 0.2) is 39.9 Å². The van der Waals surface area contributed by atoms with Crippen molar-refractivity contribution < 1.29 is 13.2 Å². The molecule has 1 aromatic heterocycles. The lowest BCUT2D eigenvalue weighted by Gasteiger charge is -2.25. The fourth-order valence-corrected chi connectivity index (χ4v) is 5.13. The first-order valence-electron chi connectivity index (χ1n) is 8.92. The number of sulfone groups is 1. The van der Waals surface area contributed by atoms with E-state index < -0.39 is 32.9 Å². The lowest BCUT2D eigenvalue weighted by molar-refractivity contribution is -0.121. The van der Waals surface area contributed by atoms with Crippen molar-refractivity contribution in [1.82, 2.24) is 9.55 Å². The molecule has 28 heavy (non-hydrogen) atoms. The number of benzene rings is 1. The summed E-state index contributed by atoms with van der Waals surface area (Å²) in [6.45, 7) is 1.90. The number of nitrogen functional groups attached to an aromatic ring is 1. The molecule has 1 saturated heterocycles. The molecule has 1 aliphatic heterocycles. The third kappa shape index (κ3) is 3.86. The molecule has 0 aliphatic carbocycles. The Morgan fingerprint density at radius 3 is 2.54 bits per heavy atom. The second-order valence-electron chi connectivity index (χ2n) is 6.75. The first-order valence-corrected chi connectivity index (χ1v) is 10.7. The Labute approximate surface area is 161 Å². The zero-order valence-corrected chi connectivity index (χ0v) is 16.2. The maximum Gasteiger partial charge on any atom is 0.330 e. The molecule has 10 heteroatoms. The third-order valence-electron chi connectivity index (χ3n) is 4.83. The van der Waals surface area contributed by atoms with Gasteiger partial charge in [-0.15, -0.1) is 0 Å². The highest BCUT2D eigenvalue weighted by Crippen LogP contribution is 2.25. The van der Waals surface area contributed by atoms with E-state index in [1.807, 2.05) is 30.3 Å². The van der Waals surface area contributed by atoms with E-state index in [4.69, 9.17) is 5.73 Å². The van der Waals surface area contributed by atoms with Crippen LogP contribution in [0.1, 0.15) is 18.9 Å². The molecule has 1 atom stereocenters. The SMILES string of the molecule is CCN(C(=O)C1CCS(=O)(=O)C1)c1c(N)n(Cc2ccccc2)c(=O)[nH]c1=O. The molecule has 1 amide bonds. The number of aromatic amines is 1. The number of hydrogen-bond donors (Lipinski definition) is 2. The normalized spacial score (nSPS) is 18.1. The summed E-state index contributed by atoms with van der Waals surface area (Å²) in [4.78, 5) is 41.0. The van der Waals surface area contributed by atoms with Crippen LogP contribution in [-0.2, 0) is 21.2 Å². The van der Waals surface area contributed by atoms with Crippen molar-refractivity contribution in [3.8, 4) is 0 Å². The fraction of sp³-hybridized carbons (Fsp3) is 0.389. The Hall–Kier alpha value is -2.88. The van der Waals surface area contributed by atoms with Gasteiger partial charge >= 0.3 is 5.69 Å². The van der Waals surface area contributed by atoms with E-state index in [0.29, 0.717) is 0 Å².